The van der Waals surface area contributed by atoms with Crippen molar-refractivity contribution in [2.24, 2.45) is 5.73 Å². The van der Waals surface area contributed by atoms with Gasteiger partial charge in [-0.1, -0.05) is 11.6 Å². The Morgan fingerprint density at radius 1 is 1.21 bits per heavy atom. The Morgan fingerprint density at radius 2 is 1.79 bits per heavy atom. The smallest absolute Gasteiger partial charge is 0.318 e. The molecule has 0 aliphatic carbocycles. The molecule has 3 amide bonds. The van der Waals surface area contributed by atoms with Gasteiger partial charge in [-0.2, -0.15) is 0 Å². The van der Waals surface area contributed by atoms with Gasteiger partial charge in [-0.05, 0) is 24.3 Å². The van der Waals surface area contributed by atoms with Gasteiger partial charge in [-0.3, -0.25) is 10.1 Å². The van der Waals surface area contributed by atoms with Gasteiger partial charge in [0.1, 0.15) is 0 Å². The number of carbonyl (C=O) groups is 2. The fourth-order valence-electron chi connectivity index (χ4n) is 1.20. The van der Waals surface area contributed by atoms with Crippen LogP contribution in [0.5, 0.6) is 0 Å². The number of urea groups is 1. The van der Waals surface area contributed by atoms with E-state index in [2.05, 4.69) is 4.72 Å². The number of hydrogen-bond donors (Lipinski definition) is 3. The molecular formula is C10H12ClN3O4S. The van der Waals surface area contributed by atoms with Crippen molar-refractivity contribution in [2.75, 3.05) is 6.54 Å². The van der Waals surface area contributed by atoms with Crippen LogP contribution in [0.1, 0.15) is 6.42 Å². The summed E-state index contributed by atoms with van der Waals surface area (Å²) in [6.07, 6.45) is -0.199. The lowest BCUT2D eigenvalue weighted by Gasteiger charge is -2.06. The summed E-state index contributed by atoms with van der Waals surface area (Å²) in [5.74, 6) is -0.661. The zero-order valence-electron chi connectivity index (χ0n) is 9.72. The van der Waals surface area contributed by atoms with Crippen molar-refractivity contribution in [2.45, 2.75) is 11.3 Å². The lowest BCUT2D eigenvalue weighted by molar-refractivity contribution is -0.119. The van der Waals surface area contributed by atoms with Crippen molar-refractivity contribution in [1.29, 1.82) is 0 Å². The van der Waals surface area contributed by atoms with Gasteiger partial charge in [-0.25, -0.2) is 17.9 Å². The highest BCUT2D eigenvalue weighted by atomic mass is 35.5. The normalized spacial score (nSPS) is 11.0. The van der Waals surface area contributed by atoms with Crippen LogP contribution < -0.4 is 15.8 Å². The first-order chi connectivity index (χ1) is 8.81. The Kier molecular flexibility index (Phi) is 5.28. The highest BCUT2D eigenvalue weighted by molar-refractivity contribution is 7.89. The third kappa shape index (κ3) is 5.25. The molecule has 0 spiro atoms. The Balaban J connectivity index is 2.54. The molecule has 1 rings (SSSR count). The lowest BCUT2D eigenvalue weighted by atomic mass is 10.4. The van der Waals surface area contributed by atoms with E-state index >= 15 is 0 Å². The fraction of sp³-hybridized carbons (Fsp3) is 0.200. The second-order valence-electron chi connectivity index (χ2n) is 3.51. The van der Waals surface area contributed by atoms with E-state index in [1.54, 1.807) is 0 Å². The van der Waals surface area contributed by atoms with Gasteiger partial charge in [-0.15, -0.1) is 0 Å². The van der Waals surface area contributed by atoms with Crippen molar-refractivity contribution in [3.63, 3.8) is 0 Å². The molecule has 0 aliphatic heterocycles. The maximum absolute atomic E-state index is 11.8. The minimum Gasteiger partial charge on any atom is -0.351 e. The van der Waals surface area contributed by atoms with Crippen LogP contribution in [0.2, 0.25) is 5.02 Å². The molecule has 19 heavy (non-hydrogen) atoms. The molecule has 0 aromatic heterocycles. The van der Waals surface area contributed by atoms with Crippen LogP contribution in [0.15, 0.2) is 29.2 Å². The molecule has 104 valence electrons. The molecule has 0 heterocycles. The molecule has 1 aromatic rings. The number of nitrogens with one attached hydrogen (secondary N) is 2. The SMILES string of the molecule is NC(=O)NC(=O)CCNS(=O)(=O)c1ccc(Cl)cc1. The Hall–Kier alpha value is -1.64. The average molecular weight is 306 g/mol. The van der Waals surface area contributed by atoms with E-state index in [1.807, 2.05) is 5.32 Å². The summed E-state index contributed by atoms with van der Waals surface area (Å²) in [7, 11) is -3.71. The molecule has 0 aliphatic rings. The van der Waals surface area contributed by atoms with Crippen LogP contribution in [0.4, 0.5) is 4.79 Å². The number of rotatable bonds is 5. The lowest BCUT2D eigenvalue weighted by Crippen LogP contribution is -2.37. The highest BCUT2D eigenvalue weighted by Gasteiger charge is 2.14. The van der Waals surface area contributed by atoms with Crippen LogP contribution in [0, 0.1) is 0 Å². The first-order valence-corrected chi connectivity index (χ1v) is 7.02. The third-order valence-electron chi connectivity index (χ3n) is 2.03. The third-order valence-corrected chi connectivity index (χ3v) is 3.76. The van der Waals surface area contributed by atoms with Gasteiger partial charge >= 0.3 is 6.03 Å². The summed E-state index contributed by atoms with van der Waals surface area (Å²) in [5.41, 5.74) is 4.73. The largest absolute Gasteiger partial charge is 0.351 e. The molecule has 0 unspecified atom stereocenters. The summed E-state index contributed by atoms with van der Waals surface area (Å²) in [6.45, 7) is -0.149. The van der Waals surface area contributed by atoms with Crippen LogP contribution in [0.25, 0.3) is 0 Å². The van der Waals surface area contributed by atoms with Crippen molar-refractivity contribution in [1.82, 2.24) is 10.0 Å². The number of imide groups is 1. The van der Waals surface area contributed by atoms with Gasteiger partial charge in [0.25, 0.3) is 0 Å². The van der Waals surface area contributed by atoms with Crippen LogP contribution in [0.3, 0.4) is 0 Å². The quantitative estimate of drug-likeness (QED) is 0.720. The molecular weight excluding hydrogens is 294 g/mol. The summed E-state index contributed by atoms with van der Waals surface area (Å²) >= 11 is 5.64. The van der Waals surface area contributed by atoms with E-state index in [9.17, 15) is 18.0 Å². The molecule has 1 aromatic carbocycles. The van der Waals surface area contributed by atoms with Crippen LogP contribution >= 0.6 is 11.6 Å². The Morgan fingerprint density at radius 3 is 2.32 bits per heavy atom. The molecule has 4 N–H and O–H groups in total. The second-order valence-corrected chi connectivity index (χ2v) is 5.72. The van der Waals surface area contributed by atoms with E-state index in [-0.39, 0.29) is 17.9 Å². The predicted molar refractivity (Wildman–Crippen MR) is 69.0 cm³/mol. The molecule has 9 heteroatoms. The van der Waals surface area contributed by atoms with Gasteiger partial charge < -0.3 is 5.73 Å². The van der Waals surface area contributed by atoms with Crippen molar-refractivity contribution in [3.8, 4) is 0 Å². The number of amides is 3. The maximum Gasteiger partial charge on any atom is 0.318 e. The minimum absolute atomic E-state index is 0.0345. The molecule has 0 bridgehead atoms. The second kappa shape index (κ2) is 6.50. The standard InChI is InChI=1S/C10H12ClN3O4S/c11-7-1-3-8(4-2-7)19(17,18)13-6-5-9(15)14-10(12)16/h1-4,13H,5-6H2,(H3,12,14,15,16). The minimum atomic E-state index is -3.71. The first-order valence-electron chi connectivity index (χ1n) is 5.16. The van der Waals surface area contributed by atoms with Crippen molar-refractivity contribution < 1.29 is 18.0 Å². The van der Waals surface area contributed by atoms with Gasteiger partial charge in [0, 0.05) is 18.0 Å². The maximum atomic E-state index is 11.8. The number of hydrogen-bond acceptors (Lipinski definition) is 4. The molecule has 0 fully saturated rings. The average Bonchev–Trinajstić information content (AvgIpc) is 2.28. The zero-order valence-corrected chi connectivity index (χ0v) is 11.3. The molecule has 0 saturated heterocycles. The summed E-state index contributed by atoms with van der Waals surface area (Å²) in [5, 5.41) is 2.24. The van der Waals surface area contributed by atoms with Gasteiger partial charge in [0.05, 0.1) is 4.90 Å². The first kappa shape index (κ1) is 15.4. The van der Waals surface area contributed by atoms with E-state index in [1.165, 1.54) is 24.3 Å². The van der Waals surface area contributed by atoms with E-state index < -0.39 is 22.0 Å². The van der Waals surface area contributed by atoms with E-state index in [0.717, 1.165) is 0 Å². The molecule has 7 nitrogen and oxygen atoms in total. The summed E-state index contributed by atoms with van der Waals surface area (Å²) < 4.78 is 25.8. The highest BCUT2D eigenvalue weighted by Crippen LogP contribution is 2.13. The number of primary amides is 1. The van der Waals surface area contributed by atoms with Crippen molar-refractivity contribution in [3.05, 3.63) is 29.3 Å². The fourth-order valence-corrected chi connectivity index (χ4v) is 2.35. The molecule has 0 atom stereocenters. The van der Waals surface area contributed by atoms with Crippen molar-refractivity contribution >= 4 is 33.6 Å². The van der Waals surface area contributed by atoms with E-state index in [4.69, 9.17) is 17.3 Å². The number of benzene rings is 1. The Labute approximate surface area is 115 Å². The number of carbonyl (C=O) groups excluding carboxylic acids is 2. The topological polar surface area (TPSA) is 118 Å². The monoisotopic (exact) mass is 305 g/mol. The van der Waals surface area contributed by atoms with Crippen LogP contribution in [-0.4, -0.2) is 26.9 Å². The van der Waals surface area contributed by atoms with Crippen LogP contribution in [-0.2, 0) is 14.8 Å². The zero-order chi connectivity index (χ0) is 14.5. The predicted octanol–water partition coefficient (Wildman–Crippen LogP) is 0.203. The number of halogens is 1. The van der Waals surface area contributed by atoms with Gasteiger partial charge in [0.2, 0.25) is 15.9 Å². The molecule has 0 saturated carbocycles. The number of nitrogens with two attached hydrogens (primary N) is 1. The number of sulfonamides is 1. The van der Waals surface area contributed by atoms with E-state index in [0.29, 0.717) is 5.02 Å². The molecule has 0 radical (unpaired) electrons. The van der Waals surface area contributed by atoms with Gasteiger partial charge in [0.15, 0.2) is 0 Å². The Bertz CT molecular complexity index is 571. The summed E-state index contributed by atoms with van der Waals surface area (Å²) in [4.78, 5) is 21.5. The summed E-state index contributed by atoms with van der Waals surface area (Å²) in [6, 6.07) is 4.58.